The summed E-state index contributed by atoms with van der Waals surface area (Å²) in [5, 5.41) is 6.71. The lowest BCUT2D eigenvalue weighted by atomic mass is 10.1. The number of halogens is 4. The van der Waals surface area contributed by atoms with Gasteiger partial charge in [-0.25, -0.2) is 0 Å². The molecular weight excluding hydrogens is 518 g/mol. The van der Waals surface area contributed by atoms with Gasteiger partial charge in [0.2, 0.25) is 0 Å². The van der Waals surface area contributed by atoms with Gasteiger partial charge < -0.3 is 15.5 Å². The van der Waals surface area contributed by atoms with E-state index in [0.717, 1.165) is 26.1 Å². The first-order valence-corrected chi connectivity index (χ1v) is 11.0. The molecule has 2 aliphatic heterocycles. The first-order chi connectivity index (χ1) is 14.3. The van der Waals surface area contributed by atoms with E-state index in [9.17, 15) is 13.2 Å². The standard InChI is InChI=1S/C22H34F3N5.HI/c1-3-26-21(27-14-18-9-12-29(15-18)16-22(23,24)25)28-17(2)19-7-6-8-20(13-19)30-10-4-5-11-30;/h6-8,13,17-18H,3-5,9-12,14-16H2,1-2H3,(H2,26,27,28);1H. The zero-order valence-electron chi connectivity index (χ0n) is 18.4. The Kier molecular flexibility index (Phi) is 10.2. The molecule has 0 spiro atoms. The Bertz CT molecular complexity index is 707. The fourth-order valence-corrected chi connectivity index (χ4v) is 4.25. The Morgan fingerprint density at radius 2 is 1.97 bits per heavy atom. The van der Waals surface area contributed by atoms with Gasteiger partial charge in [-0.3, -0.25) is 9.89 Å². The van der Waals surface area contributed by atoms with Crippen molar-refractivity contribution >= 4 is 35.6 Å². The van der Waals surface area contributed by atoms with Crippen molar-refractivity contribution in [2.75, 3.05) is 50.7 Å². The van der Waals surface area contributed by atoms with Crippen LogP contribution < -0.4 is 15.5 Å². The molecule has 2 aliphatic rings. The quantitative estimate of drug-likeness (QED) is 0.299. The van der Waals surface area contributed by atoms with Crippen molar-refractivity contribution in [2.24, 2.45) is 10.9 Å². The van der Waals surface area contributed by atoms with E-state index in [2.05, 4.69) is 51.7 Å². The summed E-state index contributed by atoms with van der Waals surface area (Å²) in [6.45, 7) is 7.73. The summed E-state index contributed by atoms with van der Waals surface area (Å²) in [5.74, 6) is 0.877. The highest BCUT2D eigenvalue weighted by Crippen LogP contribution is 2.25. The van der Waals surface area contributed by atoms with Gasteiger partial charge in [0.1, 0.15) is 0 Å². The summed E-state index contributed by atoms with van der Waals surface area (Å²) in [6.07, 6.45) is -0.881. The summed E-state index contributed by atoms with van der Waals surface area (Å²) in [6, 6.07) is 8.69. The molecule has 5 nitrogen and oxygen atoms in total. The monoisotopic (exact) mass is 553 g/mol. The van der Waals surface area contributed by atoms with E-state index in [1.54, 1.807) is 0 Å². The number of benzene rings is 1. The lowest BCUT2D eigenvalue weighted by Gasteiger charge is -2.22. The molecule has 2 fully saturated rings. The van der Waals surface area contributed by atoms with E-state index in [0.29, 0.717) is 25.6 Å². The van der Waals surface area contributed by atoms with Gasteiger partial charge in [0.05, 0.1) is 12.6 Å². The predicted molar refractivity (Wildman–Crippen MR) is 131 cm³/mol. The van der Waals surface area contributed by atoms with Gasteiger partial charge in [0, 0.05) is 38.4 Å². The molecule has 2 atom stereocenters. The molecule has 2 N–H and O–H groups in total. The molecule has 2 saturated heterocycles. The number of likely N-dealkylation sites (tertiary alicyclic amines) is 1. The zero-order valence-corrected chi connectivity index (χ0v) is 20.7. The third-order valence-corrected chi connectivity index (χ3v) is 5.82. The number of hydrogen-bond donors (Lipinski definition) is 2. The molecular formula is C22H35F3IN5. The number of aliphatic imine (C=N–C) groups is 1. The van der Waals surface area contributed by atoms with Crippen LogP contribution in [0.4, 0.5) is 18.9 Å². The Morgan fingerprint density at radius 3 is 2.65 bits per heavy atom. The molecule has 0 radical (unpaired) electrons. The van der Waals surface area contributed by atoms with Gasteiger partial charge in [0.25, 0.3) is 0 Å². The van der Waals surface area contributed by atoms with Gasteiger partial charge in [-0.15, -0.1) is 24.0 Å². The zero-order chi connectivity index (χ0) is 21.6. The minimum Gasteiger partial charge on any atom is -0.372 e. The third-order valence-electron chi connectivity index (χ3n) is 5.82. The van der Waals surface area contributed by atoms with Crippen molar-refractivity contribution in [3.05, 3.63) is 29.8 Å². The van der Waals surface area contributed by atoms with Gasteiger partial charge in [0.15, 0.2) is 5.96 Å². The maximum absolute atomic E-state index is 12.6. The molecule has 0 amide bonds. The van der Waals surface area contributed by atoms with Crippen LogP contribution in [0.1, 0.15) is 44.7 Å². The lowest BCUT2D eigenvalue weighted by Crippen LogP contribution is -2.39. The fraction of sp³-hybridized carbons (Fsp3) is 0.682. The first kappa shape index (κ1) is 26.0. The molecule has 0 aromatic heterocycles. The Morgan fingerprint density at radius 1 is 1.23 bits per heavy atom. The largest absolute Gasteiger partial charge is 0.401 e. The van der Waals surface area contributed by atoms with E-state index in [4.69, 9.17) is 0 Å². The average Bonchev–Trinajstić information content (AvgIpc) is 3.37. The van der Waals surface area contributed by atoms with Crippen LogP contribution in [0.2, 0.25) is 0 Å². The predicted octanol–water partition coefficient (Wildman–Crippen LogP) is 4.41. The number of nitrogens with one attached hydrogen (secondary N) is 2. The summed E-state index contributed by atoms with van der Waals surface area (Å²) in [4.78, 5) is 8.57. The highest BCUT2D eigenvalue weighted by molar-refractivity contribution is 14.0. The highest BCUT2D eigenvalue weighted by Gasteiger charge is 2.34. The second-order valence-electron chi connectivity index (χ2n) is 8.38. The maximum atomic E-state index is 12.6. The van der Waals surface area contributed by atoms with Crippen LogP contribution in [0.25, 0.3) is 0 Å². The molecule has 9 heteroatoms. The molecule has 0 saturated carbocycles. The first-order valence-electron chi connectivity index (χ1n) is 11.0. The summed E-state index contributed by atoms with van der Waals surface area (Å²) >= 11 is 0. The number of hydrogen-bond acceptors (Lipinski definition) is 3. The van der Waals surface area contributed by atoms with Gasteiger partial charge in [-0.05, 0) is 63.3 Å². The molecule has 2 heterocycles. The Labute approximate surface area is 200 Å². The van der Waals surface area contributed by atoms with Gasteiger partial charge in [-0.1, -0.05) is 12.1 Å². The van der Waals surface area contributed by atoms with Crippen molar-refractivity contribution in [1.29, 1.82) is 0 Å². The van der Waals surface area contributed by atoms with E-state index in [-0.39, 0.29) is 35.9 Å². The number of guanidine groups is 1. The molecule has 176 valence electrons. The maximum Gasteiger partial charge on any atom is 0.401 e. The minimum atomic E-state index is -4.13. The van der Waals surface area contributed by atoms with E-state index < -0.39 is 12.7 Å². The average molecular weight is 553 g/mol. The highest BCUT2D eigenvalue weighted by atomic mass is 127. The van der Waals surface area contributed by atoms with Crippen molar-refractivity contribution in [2.45, 2.75) is 45.3 Å². The molecule has 31 heavy (non-hydrogen) atoms. The molecule has 1 aromatic carbocycles. The third kappa shape index (κ3) is 8.32. The Hall–Kier alpha value is -1.23. The smallest absolute Gasteiger partial charge is 0.372 e. The fourth-order valence-electron chi connectivity index (χ4n) is 4.25. The number of alkyl halides is 3. The second-order valence-corrected chi connectivity index (χ2v) is 8.38. The van der Waals surface area contributed by atoms with Crippen LogP contribution >= 0.6 is 24.0 Å². The van der Waals surface area contributed by atoms with E-state index in [1.807, 2.05) is 6.92 Å². The minimum absolute atomic E-state index is 0. The summed E-state index contributed by atoms with van der Waals surface area (Å²) in [7, 11) is 0. The lowest BCUT2D eigenvalue weighted by molar-refractivity contribution is -0.143. The van der Waals surface area contributed by atoms with E-state index in [1.165, 1.54) is 29.0 Å². The molecule has 0 bridgehead atoms. The number of anilines is 1. The van der Waals surface area contributed by atoms with Crippen LogP contribution in [0.3, 0.4) is 0 Å². The normalized spacial score (nSPS) is 21.1. The Balaban J connectivity index is 0.00000341. The van der Waals surface area contributed by atoms with Gasteiger partial charge >= 0.3 is 6.18 Å². The van der Waals surface area contributed by atoms with Crippen LogP contribution in [-0.2, 0) is 0 Å². The van der Waals surface area contributed by atoms with Crippen molar-refractivity contribution in [3.63, 3.8) is 0 Å². The van der Waals surface area contributed by atoms with Crippen molar-refractivity contribution in [1.82, 2.24) is 15.5 Å². The number of nitrogens with zero attached hydrogens (tertiary/aromatic N) is 3. The van der Waals surface area contributed by atoms with Crippen LogP contribution in [0.5, 0.6) is 0 Å². The van der Waals surface area contributed by atoms with Crippen LogP contribution in [0.15, 0.2) is 29.3 Å². The van der Waals surface area contributed by atoms with Gasteiger partial charge in [-0.2, -0.15) is 13.2 Å². The molecule has 1 aromatic rings. The van der Waals surface area contributed by atoms with Crippen LogP contribution in [0, 0.1) is 5.92 Å². The molecule has 0 aliphatic carbocycles. The van der Waals surface area contributed by atoms with Crippen molar-refractivity contribution in [3.8, 4) is 0 Å². The molecule has 3 rings (SSSR count). The van der Waals surface area contributed by atoms with Crippen LogP contribution in [-0.4, -0.2) is 62.8 Å². The summed E-state index contributed by atoms with van der Waals surface area (Å²) < 4.78 is 37.8. The van der Waals surface area contributed by atoms with Crippen molar-refractivity contribution < 1.29 is 13.2 Å². The topological polar surface area (TPSA) is 42.9 Å². The summed E-state index contributed by atoms with van der Waals surface area (Å²) in [5.41, 5.74) is 2.46. The second kappa shape index (κ2) is 12.1. The van der Waals surface area contributed by atoms with E-state index >= 15 is 0 Å². The SMILES string of the molecule is CCNC(=NCC1CCN(CC(F)(F)F)C1)NC(C)c1cccc(N2CCCC2)c1.I. The number of rotatable bonds is 7. The molecule has 2 unspecified atom stereocenters.